The maximum atomic E-state index is 10.5. The second kappa shape index (κ2) is 22.0. The third kappa shape index (κ3) is 10.5. The minimum absolute atomic E-state index is 0. The molecule has 0 aliphatic carbocycles. The molecule has 15 heteroatoms. The van der Waals surface area contributed by atoms with Crippen LogP contribution in [0, 0.1) is 29.2 Å². The number of carbonyl (C=O) groups is 1. The van der Waals surface area contributed by atoms with Crippen molar-refractivity contribution < 1.29 is 33.6 Å². The summed E-state index contributed by atoms with van der Waals surface area (Å²) >= 11 is 6.80. The minimum atomic E-state index is -0.408. The summed E-state index contributed by atoms with van der Waals surface area (Å²) in [6.45, 7) is 5.99. The number of nitriles is 2. The number of nitrogens with zero attached hydrogens (tertiary/aromatic N) is 5. The minimum Gasteiger partial charge on any atom is -0.507 e. The molecule has 0 saturated carbocycles. The van der Waals surface area contributed by atoms with Gasteiger partial charge in [-0.1, -0.05) is 19.6 Å². The molecular weight excluding hydrogens is 872 g/mol. The summed E-state index contributed by atoms with van der Waals surface area (Å²) < 4.78 is 28.3. The predicted molar refractivity (Wildman–Crippen MR) is 228 cm³/mol. The van der Waals surface area contributed by atoms with Gasteiger partial charge < -0.3 is 39.4 Å². The monoisotopic (exact) mass is 908 g/mol. The lowest BCUT2D eigenvalue weighted by Gasteiger charge is -2.28. The van der Waals surface area contributed by atoms with Crippen LogP contribution < -0.4 is 29.4 Å². The molecule has 0 amide bonds. The second-order valence-electron chi connectivity index (χ2n) is 11.4. The number of aromatic hydroxyl groups is 1. The first-order valence-corrected chi connectivity index (χ1v) is 18.2. The van der Waals surface area contributed by atoms with Crippen LogP contribution in [0.5, 0.6) is 34.5 Å². The van der Waals surface area contributed by atoms with Gasteiger partial charge in [-0.25, -0.2) is 6.57 Å². The van der Waals surface area contributed by atoms with E-state index in [1.54, 1.807) is 64.1 Å². The molecule has 0 radical (unpaired) electrons. The molecule has 6 aromatic rings. The van der Waals surface area contributed by atoms with Crippen molar-refractivity contribution in [2.24, 2.45) is 5.73 Å². The summed E-state index contributed by atoms with van der Waals surface area (Å²) in [5.74, 6) is 2.84. The molecule has 58 heavy (non-hydrogen) atoms. The number of pyridine rings is 2. The first-order valence-electron chi connectivity index (χ1n) is 16.6. The van der Waals surface area contributed by atoms with E-state index >= 15 is 0 Å². The van der Waals surface area contributed by atoms with Crippen LogP contribution in [0.3, 0.4) is 0 Å². The van der Waals surface area contributed by atoms with Crippen LogP contribution in [0.15, 0.2) is 112 Å². The summed E-state index contributed by atoms with van der Waals surface area (Å²) in [6, 6.07) is 27.5. The third-order valence-corrected chi connectivity index (χ3v) is 9.30. The fraction of sp³-hybridized carbons (Fsp3) is 0.163. The highest BCUT2D eigenvalue weighted by molar-refractivity contribution is 9.11. The van der Waals surface area contributed by atoms with Gasteiger partial charge in [0.1, 0.15) is 35.5 Å². The first kappa shape index (κ1) is 45.5. The number of aromatic nitrogens is 2. The van der Waals surface area contributed by atoms with Crippen molar-refractivity contribution in [1.82, 2.24) is 9.97 Å². The van der Waals surface area contributed by atoms with Gasteiger partial charge >= 0.3 is 0 Å². The van der Waals surface area contributed by atoms with Crippen molar-refractivity contribution in [3.05, 3.63) is 140 Å². The van der Waals surface area contributed by atoms with Crippen LogP contribution in [0.1, 0.15) is 34.8 Å². The molecule has 0 saturated heterocycles. The fourth-order valence-corrected chi connectivity index (χ4v) is 6.89. The lowest BCUT2D eigenvalue weighted by molar-refractivity contribution is 0.112. The quantitative estimate of drug-likeness (QED) is 0.0917. The van der Waals surface area contributed by atoms with Gasteiger partial charge in [-0.2, -0.15) is 10.5 Å². The average molecular weight is 911 g/mol. The van der Waals surface area contributed by atoms with E-state index in [9.17, 15) is 15.2 Å². The van der Waals surface area contributed by atoms with Gasteiger partial charge in [-0.3, -0.25) is 14.8 Å². The van der Waals surface area contributed by atoms with Crippen molar-refractivity contribution in [2.45, 2.75) is 13.3 Å². The second-order valence-corrected chi connectivity index (χ2v) is 13.1. The number of benzene rings is 4. The third-order valence-electron chi connectivity index (χ3n) is 8.12. The van der Waals surface area contributed by atoms with Gasteiger partial charge in [0.25, 0.3) is 6.54 Å². The van der Waals surface area contributed by atoms with Crippen molar-refractivity contribution in [2.75, 3.05) is 35.0 Å². The average Bonchev–Trinajstić information content (AvgIpc) is 3.23. The molecule has 4 aromatic carbocycles. The summed E-state index contributed by atoms with van der Waals surface area (Å²) in [5.41, 5.74) is 10.3. The number of rotatable bonds is 6. The maximum Gasteiger partial charge on any atom is 0.298 e. The molecule has 0 bridgehead atoms. The van der Waals surface area contributed by atoms with E-state index in [0.717, 1.165) is 43.7 Å². The Morgan fingerprint density at radius 2 is 1.47 bits per heavy atom. The zero-order chi connectivity index (χ0) is 41.5. The molecular formula is C43H38Br2N6O7. The lowest BCUT2D eigenvalue weighted by atomic mass is 9.82. The summed E-state index contributed by atoms with van der Waals surface area (Å²) in [7, 11) is 6.21. The van der Waals surface area contributed by atoms with Crippen LogP contribution in [-0.2, 0) is 0 Å². The zero-order valence-electron chi connectivity index (χ0n) is 31.0. The number of methoxy groups -OCH3 is 4. The number of hydrogen-bond donors (Lipinski definition) is 2. The summed E-state index contributed by atoms with van der Waals surface area (Å²) in [5, 5.41) is 28.4. The Balaban J connectivity index is 0.000000248. The van der Waals surface area contributed by atoms with Crippen LogP contribution in [0.4, 0.5) is 0 Å². The van der Waals surface area contributed by atoms with E-state index in [1.165, 1.54) is 7.11 Å². The molecule has 1 unspecified atom stereocenters. The Labute approximate surface area is 352 Å². The topological polar surface area (TPSA) is 187 Å². The number of halogens is 2. The normalized spacial score (nSPS) is 11.9. The van der Waals surface area contributed by atoms with E-state index in [2.05, 4.69) is 52.7 Å². The van der Waals surface area contributed by atoms with Crippen LogP contribution >= 0.6 is 31.9 Å². The summed E-state index contributed by atoms with van der Waals surface area (Å²) in [4.78, 5) is 21.7. The number of nitrogens with two attached hydrogens (primary N) is 1. The highest BCUT2D eigenvalue weighted by Crippen LogP contribution is 2.48. The smallest absolute Gasteiger partial charge is 0.298 e. The maximum absolute atomic E-state index is 10.5. The number of fused-ring (bicyclic) bond motifs is 4. The van der Waals surface area contributed by atoms with E-state index in [1.807, 2.05) is 54.6 Å². The Kier molecular flexibility index (Phi) is 17.3. The number of phenolic OH excluding ortho intramolecular Hbond substituents is 1. The Morgan fingerprint density at radius 3 is 2.00 bits per heavy atom. The van der Waals surface area contributed by atoms with Gasteiger partial charge in [0.05, 0.1) is 54.3 Å². The molecule has 296 valence electrons. The highest BCUT2D eigenvalue weighted by Gasteiger charge is 2.33. The largest absolute Gasteiger partial charge is 0.507 e. The Morgan fingerprint density at radius 1 is 0.862 bits per heavy atom. The van der Waals surface area contributed by atoms with Gasteiger partial charge in [-0.15, -0.1) is 0 Å². The van der Waals surface area contributed by atoms with Gasteiger partial charge in [0, 0.05) is 34.3 Å². The molecule has 2 aromatic heterocycles. The summed E-state index contributed by atoms with van der Waals surface area (Å²) in [6.07, 6.45) is 4.19. The molecule has 0 fully saturated rings. The van der Waals surface area contributed by atoms with E-state index < -0.39 is 5.92 Å². The van der Waals surface area contributed by atoms with Crippen LogP contribution in [-0.4, -0.2) is 56.3 Å². The molecule has 0 spiro atoms. The van der Waals surface area contributed by atoms with Gasteiger partial charge in [-0.05, 0) is 104 Å². The van der Waals surface area contributed by atoms with Gasteiger partial charge in [0.15, 0.2) is 23.0 Å². The number of phenols is 1. The van der Waals surface area contributed by atoms with Crippen molar-refractivity contribution >= 4 is 60.0 Å². The SMILES string of the molecule is C.COc1cc(C2C(C#N)=C(N)Oc3c2ccc2ncccc32)cc(Br)c1OC.COc1cc(C=O)cc(Br)c1OC.Oc1cccc2ncccc12.[C-]#[N+]CC#N. The van der Waals surface area contributed by atoms with Crippen LogP contribution in [0.2, 0.25) is 0 Å². The number of hydrogen-bond acceptors (Lipinski definition) is 12. The standard InChI is InChI=1S/C21H16BrN3O3.C9H9BrO3.C9H7NO.C3H2N2.CH4/c1-26-17-9-11(8-15(22)20(17)27-2)18-13-5-6-16-12(4-3-7-25-16)19(13)28-21(24)14(18)10-23;1-12-8-4-6(5-11)3-7(10)9(8)13-2;11-9-5-1-4-8-7(9)3-2-6-10-8;1-5-3-2-4;/h3-9,18H,24H2,1-2H3;3-5H,1-2H3;1-6,11H;3H2;1H4. The molecule has 3 heterocycles. The van der Waals surface area contributed by atoms with Gasteiger partial charge in [0.2, 0.25) is 5.88 Å². The Hall–Kier alpha value is -6.86. The number of carbonyl (C=O) groups excluding carboxylic acids is 1. The predicted octanol–water partition coefficient (Wildman–Crippen LogP) is 9.52. The number of allylic oxidation sites excluding steroid dienone is 1. The first-order chi connectivity index (χ1) is 27.6. The number of ether oxygens (including phenoxy) is 5. The van der Waals surface area contributed by atoms with Crippen LogP contribution in [0.25, 0.3) is 26.7 Å². The van der Waals surface area contributed by atoms with E-state index in [-0.39, 0.29) is 25.6 Å². The Bertz CT molecular complexity index is 2550. The molecule has 7 rings (SSSR count). The molecule has 1 aliphatic heterocycles. The van der Waals surface area contributed by atoms with E-state index in [4.69, 9.17) is 41.3 Å². The number of aldehydes is 1. The van der Waals surface area contributed by atoms with Crippen molar-refractivity contribution in [3.8, 4) is 46.6 Å². The molecule has 1 atom stereocenters. The fourth-order valence-electron chi connectivity index (χ4n) is 5.64. The van der Waals surface area contributed by atoms with Crippen molar-refractivity contribution in [3.63, 3.8) is 0 Å². The lowest BCUT2D eigenvalue weighted by Crippen LogP contribution is -2.21. The molecule has 3 N–H and O–H groups in total. The van der Waals surface area contributed by atoms with Crippen molar-refractivity contribution in [1.29, 1.82) is 10.5 Å². The van der Waals surface area contributed by atoms with E-state index in [0.29, 0.717) is 44.4 Å². The zero-order valence-corrected chi connectivity index (χ0v) is 34.2. The molecule has 13 nitrogen and oxygen atoms in total. The molecule has 1 aliphatic rings. The highest BCUT2D eigenvalue weighted by atomic mass is 79.9.